The van der Waals surface area contributed by atoms with E-state index in [-0.39, 0.29) is 0 Å². The van der Waals surface area contributed by atoms with Gasteiger partial charge in [-0.15, -0.1) is 0 Å². The molecule has 55 heavy (non-hydrogen) atoms. The van der Waals surface area contributed by atoms with E-state index in [2.05, 4.69) is 165 Å². The second-order valence-corrected chi connectivity index (χ2v) is 13.9. The summed E-state index contributed by atoms with van der Waals surface area (Å²) in [7, 11) is 0. The lowest BCUT2D eigenvalue weighted by atomic mass is 9.99. The van der Waals surface area contributed by atoms with Gasteiger partial charge in [-0.1, -0.05) is 103 Å². The third-order valence-corrected chi connectivity index (χ3v) is 11.1. The smallest absolute Gasteiger partial charge is 0.0998 e. The summed E-state index contributed by atoms with van der Waals surface area (Å²) in [6, 6.07) is 65.9. The zero-order valence-electron chi connectivity index (χ0n) is 29.5. The van der Waals surface area contributed by atoms with Crippen molar-refractivity contribution in [3.05, 3.63) is 187 Å². The first-order valence-electron chi connectivity index (χ1n) is 18.3. The van der Waals surface area contributed by atoms with Gasteiger partial charge >= 0.3 is 0 Å². The van der Waals surface area contributed by atoms with E-state index < -0.39 is 0 Å². The maximum Gasteiger partial charge on any atom is 0.0998 e. The van der Waals surface area contributed by atoms with E-state index in [0.29, 0.717) is 11.1 Å². The minimum Gasteiger partial charge on any atom is -0.309 e. The predicted octanol–water partition coefficient (Wildman–Crippen LogP) is 12.4. The number of fused-ring (bicyclic) bond motifs is 9. The molecule has 0 aliphatic heterocycles. The van der Waals surface area contributed by atoms with E-state index in [1.807, 2.05) is 36.4 Å². The summed E-state index contributed by atoms with van der Waals surface area (Å²) in [5.74, 6) is 0. The SMILES string of the molecule is N#Cc1ccc(-n2c3ccccc3c3c(C#N)cccc32)cc1-c1ccc(-n2c3ccccc3c3cccc(-n4c5ccccc5c5ccccc54)c32)cc1. The summed E-state index contributed by atoms with van der Waals surface area (Å²) < 4.78 is 6.97. The Morgan fingerprint density at radius 2 is 0.873 bits per heavy atom. The van der Waals surface area contributed by atoms with Gasteiger partial charge in [-0.25, -0.2) is 0 Å². The van der Waals surface area contributed by atoms with Gasteiger partial charge in [0.1, 0.15) is 0 Å². The molecule has 3 aromatic heterocycles. The molecule has 254 valence electrons. The van der Waals surface area contributed by atoms with Gasteiger partial charge in [-0.3, -0.25) is 0 Å². The minimum absolute atomic E-state index is 0.598. The fourth-order valence-corrected chi connectivity index (χ4v) is 8.82. The van der Waals surface area contributed by atoms with Crippen molar-refractivity contribution in [3.8, 4) is 40.3 Å². The van der Waals surface area contributed by atoms with Crippen LogP contribution < -0.4 is 0 Å². The molecule has 0 bridgehead atoms. The van der Waals surface area contributed by atoms with E-state index in [1.54, 1.807) is 0 Å². The molecule has 0 aliphatic rings. The van der Waals surface area contributed by atoms with Crippen LogP contribution >= 0.6 is 0 Å². The summed E-state index contributed by atoms with van der Waals surface area (Å²) in [6.07, 6.45) is 0. The molecule has 5 nitrogen and oxygen atoms in total. The maximum atomic E-state index is 10.3. The average molecular weight is 700 g/mol. The molecule has 11 rings (SSSR count). The fourth-order valence-electron chi connectivity index (χ4n) is 8.82. The van der Waals surface area contributed by atoms with Gasteiger partial charge in [-0.2, -0.15) is 10.5 Å². The van der Waals surface area contributed by atoms with E-state index >= 15 is 0 Å². The number of aromatic nitrogens is 3. The third kappa shape index (κ3) is 4.39. The largest absolute Gasteiger partial charge is 0.309 e. The Balaban J connectivity index is 1.11. The van der Waals surface area contributed by atoms with Gasteiger partial charge in [0, 0.05) is 49.3 Å². The Bertz CT molecular complexity index is 3400. The molecule has 0 spiro atoms. The standard InChI is InChI=1S/C50H29N5/c51-30-33-25-28-36(53-46-20-8-4-15-41(46)49-34(31-52)11-9-21-47(49)53)29-42(33)32-23-26-35(27-24-32)54-43-17-5-3-14-39(43)40-16-10-22-48(50(40)54)55-44-18-6-1-12-37(44)38-13-2-7-19-45(38)55/h1-29H. The highest BCUT2D eigenvalue weighted by molar-refractivity contribution is 6.15. The van der Waals surface area contributed by atoms with Gasteiger partial charge < -0.3 is 13.7 Å². The van der Waals surface area contributed by atoms with Crippen LogP contribution in [0.4, 0.5) is 0 Å². The van der Waals surface area contributed by atoms with Crippen LogP contribution in [-0.2, 0) is 0 Å². The summed E-state index contributed by atoms with van der Waals surface area (Å²) >= 11 is 0. The van der Waals surface area contributed by atoms with E-state index in [0.717, 1.165) is 61.0 Å². The van der Waals surface area contributed by atoms with Gasteiger partial charge in [0.15, 0.2) is 0 Å². The number of nitrogens with zero attached hydrogens (tertiary/aromatic N) is 5. The monoisotopic (exact) mass is 699 g/mol. The lowest BCUT2D eigenvalue weighted by Crippen LogP contribution is -2.00. The first-order valence-corrected chi connectivity index (χ1v) is 18.3. The third-order valence-electron chi connectivity index (χ3n) is 11.1. The van der Waals surface area contributed by atoms with Crippen molar-refractivity contribution in [3.63, 3.8) is 0 Å². The van der Waals surface area contributed by atoms with Crippen LogP contribution in [0, 0.1) is 22.7 Å². The molecule has 5 heteroatoms. The van der Waals surface area contributed by atoms with Gasteiger partial charge in [0.2, 0.25) is 0 Å². The zero-order chi connectivity index (χ0) is 36.6. The van der Waals surface area contributed by atoms with Crippen molar-refractivity contribution in [2.24, 2.45) is 0 Å². The first kappa shape index (κ1) is 30.7. The number of hydrogen-bond acceptors (Lipinski definition) is 2. The molecule has 0 atom stereocenters. The molecule has 0 saturated carbocycles. The van der Waals surface area contributed by atoms with Crippen LogP contribution in [0.3, 0.4) is 0 Å². The summed E-state index contributed by atoms with van der Waals surface area (Å²) in [5, 5.41) is 27.1. The molecular formula is C50H29N5. The number of hydrogen-bond donors (Lipinski definition) is 0. The number of para-hydroxylation sites is 5. The van der Waals surface area contributed by atoms with Crippen molar-refractivity contribution < 1.29 is 0 Å². The summed E-state index contributed by atoms with van der Waals surface area (Å²) in [6.45, 7) is 0. The van der Waals surface area contributed by atoms with Crippen molar-refractivity contribution in [2.75, 3.05) is 0 Å². The Kier molecular flexibility index (Phi) is 6.61. The van der Waals surface area contributed by atoms with E-state index in [1.165, 1.54) is 32.6 Å². The number of nitriles is 2. The Morgan fingerprint density at radius 1 is 0.364 bits per heavy atom. The highest BCUT2D eigenvalue weighted by Crippen LogP contribution is 2.40. The lowest BCUT2D eigenvalue weighted by Gasteiger charge is -2.15. The van der Waals surface area contributed by atoms with E-state index in [9.17, 15) is 10.5 Å². The van der Waals surface area contributed by atoms with Crippen LogP contribution in [0.15, 0.2) is 176 Å². The second kappa shape index (κ2) is 11.8. The highest BCUT2D eigenvalue weighted by Gasteiger charge is 2.21. The number of rotatable bonds is 4. The molecule has 0 fully saturated rings. The number of benzene rings is 8. The molecular weight excluding hydrogens is 671 g/mol. The van der Waals surface area contributed by atoms with Gasteiger partial charge in [0.25, 0.3) is 0 Å². The van der Waals surface area contributed by atoms with Crippen molar-refractivity contribution in [1.29, 1.82) is 10.5 Å². The maximum absolute atomic E-state index is 10.3. The van der Waals surface area contributed by atoms with Gasteiger partial charge in [-0.05, 0) is 78.4 Å². The normalized spacial score (nSPS) is 11.6. The Morgan fingerprint density at radius 3 is 1.53 bits per heavy atom. The Hall–Kier alpha value is -7.86. The molecule has 0 saturated heterocycles. The van der Waals surface area contributed by atoms with Crippen LogP contribution in [0.25, 0.3) is 93.6 Å². The van der Waals surface area contributed by atoms with Crippen molar-refractivity contribution in [2.45, 2.75) is 0 Å². The molecule has 0 N–H and O–H groups in total. The van der Waals surface area contributed by atoms with E-state index in [4.69, 9.17) is 0 Å². The highest BCUT2D eigenvalue weighted by atomic mass is 15.1. The summed E-state index contributed by atoms with van der Waals surface area (Å²) in [4.78, 5) is 0. The lowest BCUT2D eigenvalue weighted by molar-refractivity contribution is 1.13. The molecule has 0 aliphatic carbocycles. The van der Waals surface area contributed by atoms with Crippen LogP contribution in [0.5, 0.6) is 0 Å². The first-order chi connectivity index (χ1) is 27.2. The minimum atomic E-state index is 0.598. The molecule has 8 aromatic carbocycles. The second-order valence-electron chi connectivity index (χ2n) is 13.9. The van der Waals surface area contributed by atoms with Crippen LogP contribution in [0.2, 0.25) is 0 Å². The summed E-state index contributed by atoms with van der Waals surface area (Å²) in [5.41, 5.74) is 12.7. The molecule has 0 radical (unpaired) electrons. The molecule has 0 unspecified atom stereocenters. The molecule has 11 aromatic rings. The zero-order valence-corrected chi connectivity index (χ0v) is 29.5. The fraction of sp³-hybridized carbons (Fsp3) is 0. The quantitative estimate of drug-likeness (QED) is 0.184. The average Bonchev–Trinajstić information content (AvgIpc) is 3.90. The van der Waals surface area contributed by atoms with Crippen molar-refractivity contribution in [1.82, 2.24) is 13.7 Å². The topological polar surface area (TPSA) is 62.4 Å². The predicted molar refractivity (Wildman–Crippen MR) is 224 cm³/mol. The molecule has 3 heterocycles. The van der Waals surface area contributed by atoms with Crippen LogP contribution in [-0.4, -0.2) is 13.7 Å². The van der Waals surface area contributed by atoms with Crippen LogP contribution in [0.1, 0.15) is 11.1 Å². The molecule has 0 amide bonds. The van der Waals surface area contributed by atoms with Crippen molar-refractivity contribution >= 4 is 65.4 Å². The van der Waals surface area contributed by atoms with Gasteiger partial charge in [0.05, 0.1) is 62.1 Å². The Labute approximate surface area is 316 Å².